The van der Waals surface area contributed by atoms with Crippen LogP contribution in [0.2, 0.25) is 0 Å². The molecule has 1 aliphatic rings. The lowest BCUT2D eigenvalue weighted by Gasteiger charge is -2.25. The zero-order valence-corrected chi connectivity index (χ0v) is 12.1. The predicted molar refractivity (Wildman–Crippen MR) is 73.1 cm³/mol. The zero-order chi connectivity index (χ0) is 15.0. The van der Waals surface area contributed by atoms with E-state index in [1.807, 2.05) is 6.08 Å². The number of carbonyl (C=O) groups is 2. The molecule has 0 saturated carbocycles. The molecule has 0 aromatic heterocycles. The number of aliphatic hydroxyl groups excluding tert-OH is 1. The third-order valence-corrected chi connectivity index (χ3v) is 3.26. The summed E-state index contributed by atoms with van der Waals surface area (Å²) in [5.74, 6) is -0.387. The van der Waals surface area contributed by atoms with Crippen molar-refractivity contribution in [1.82, 2.24) is 4.90 Å². The molecule has 20 heavy (non-hydrogen) atoms. The highest BCUT2D eigenvalue weighted by molar-refractivity contribution is 5.82. The van der Waals surface area contributed by atoms with Crippen LogP contribution in [-0.4, -0.2) is 54.5 Å². The second-order valence-corrected chi connectivity index (χ2v) is 4.53. The molecule has 0 bridgehead atoms. The normalized spacial score (nSPS) is 22.2. The molecule has 0 aromatic carbocycles. The molecule has 0 aliphatic carbocycles. The minimum absolute atomic E-state index is 0.00116. The molecular weight excluding hydrogens is 262 g/mol. The van der Waals surface area contributed by atoms with E-state index in [1.165, 1.54) is 4.90 Å². The molecule has 1 N–H and O–H groups in total. The van der Waals surface area contributed by atoms with Gasteiger partial charge in [-0.2, -0.15) is 0 Å². The van der Waals surface area contributed by atoms with Crippen LogP contribution < -0.4 is 0 Å². The van der Waals surface area contributed by atoms with Crippen molar-refractivity contribution >= 4 is 12.1 Å². The highest BCUT2D eigenvalue weighted by atomic mass is 16.6. The van der Waals surface area contributed by atoms with Crippen LogP contribution in [0.1, 0.15) is 26.7 Å². The first-order valence-electron chi connectivity index (χ1n) is 7.01. The number of aliphatic hydroxyl groups is 1. The van der Waals surface area contributed by atoms with Crippen molar-refractivity contribution in [2.24, 2.45) is 5.92 Å². The molecule has 0 radical (unpaired) electrons. The Morgan fingerprint density at radius 1 is 1.25 bits per heavy atom. The first-order chi connectivity index (χ1) is 9.65. The third kappa shape index (κ3) is 4.23. The van der Waals surface area contributed by atoms with Crippen LogP contribution in [0.15, 0.2) is 12.2 Å². The fourth-order valence-corrected chi connectivity index (χ4v) is 2.41. The lowest BCUT2D eigenvalue weighted by molar-refractivity contribution is -0.149. The van der Waals surface area contributed by atoms with Crippen LogP contribution in [0.25, 0.3) is 0 Å². The Morgan fingerprint density at radius 2 is 1.95 bits per heavy atom. The highest BCUT2D eigenvalue weighted by Gasteiger charge is 2.42. The minimum Gasteiger partial charge on any atom is -0.464 e. The van der Waals surface area contributed by atoms with Crippen molar-refractivity contribution in [2.45, 2.75) is 32.7 Å². The van der Waals surface area contributed by atoms with Crippen LogP contribution in [0.4, 0.5) is 4.79 Å². The zero-order valence-electron chi connectivity index (χ0n) is 12.1. The number of ether oxygens (including phenoxy) is 2. The molecular formula is C14H23NO5. The molecule has 1 rings (SSSR count). The van der Waals surface area contributed by atoms with Crippen molar-refractivity contribution in [2.75, 3.05) is 26.4 Å². The van der Waals surface area contributed by atoms with Crippen molar-refractivity contribution in [1.29, 1.82) is 0 Å². The van der Waals surface area contributed by atoms with E-state index >= 15 is 0 Å². The number of likely N-dealkylation sites (tertiary alicyclic amines) is 1. The Hall–Kier alpha value is -1.56. The summed E-state index contributed by atoms with van der Waals surface area (Å²) >= 11 is 0. The summed E-state index contributed by atoms with van der Waals surface area (Å²) in [5, 5.41) is 8.75. The maximum Gasteiger partial charge on any atom is 0.410 e. The second kappa shape index (κ2) is 8.58. The Kier molecular flexibility index (Phi) is 7.08. The van der Waals surface area contributed by atoms with E-state index in [0.29, 0.717) is 13.0 Å². The molecule has 6 nitrogen and oxygen atoms in total. The van der Waals surface area contributed by atoms with E-state index in [9.17, 15) is 9.59 Å². The summed E-state index contributed by atoms with van der Waals surface area (Å²) in [5.41, 5.74) is 0. The maximum atomic E-state index is 12.1. The number of hydrogen-bond donors (Lipinski definition) is 1. The largest absolute Gasteiger partial charge is 0.464 e. The molecule has 1 aliphatic heterocycles. The number of nitrogens with zero attached hydrogens (tertiary/aromatic N) is 1. The van der Waals surface area contributed by atoms with Gasteiger partial charge in [-0.1, -0.05) is 12.2 Å². The van der Waals surface area contributed by atoms with E-state index in [1.54, 1.807) is 19.9 Å². The molecule has 2 unspecified atom stereocenters. The SMILES string of the molecule is CCOC(=O)C1C(CC=CCO)CCN1C(=O)OCC. The summed E-state index contributed by atoms with van der Waals surface area (Å²) < 4.78 is 10.0. The van der Waals surface area contributed by atoms with Gasteiger partial charge in [-0.05, 0) is 32.6 Å². The van der Waals surface area contributed by atoms with Gasteiger partial charge >= 0.3 is 12.1 Å². The Labute approximate surface area is 119 Å². The molecule has 1 fully saturated rings. The first-order valence-corrected chi connectivity index (χ1v) is 7.01. The standard InChI is InChI=1S/C14H23NO5/c1-3-19-13(17)12-11(7-5-6-10-16)8-9-15(12)14(18)20-4-2/h5-6,11-12,16H,3-4,7-10H2,1-2H3. The number of amides is 1. The summed E-state index contributed by atoms with van der Waals surface area (Å²) in [6.07, 6.45) is 4.33. The smallest absolute Gasteiger partial charge is 0.410 e. The minimum atomic E-state index is -0.600. The molecule has 2 atom stereocenters. The van der Waals surface area contributed by atoms with E-state index < -0.39 is 12.1 Å². The van der Waals surface area contributed by atoms with Gasteiger partial charge in [0.2, 0.25) is 0 Å². The molecule has 0 aromatic rings. The lowest BCUT2D eigenvalue weighted by Crippen LogP contribution is -2.44. The lowest BCUT2D eigenvalue weighted by atomic mass is 9.96. The average molecular weight is 285 g/mol. The van der Waals surface area contributed by atoms with Crippen LogP contribution in [0.3, 0.4) is 0 Å². The fourth-order valence-electron chi connectivity index (χ4n) is 2.41. The van der Waals surface area contributed by atoms with E-state index in [0.717, 1.165) is 6.42 Å². The van der Waals surface area contributed by atoms with Gasteiger partial charge in [0.15, 0.2) is 0 Å². The van der Waals surface area contributed by atoms with Crippen molar-refractivity contribution in [3.63, 3.8) is 0 Å². The van der Waals surface area contributed by atoms with E-state index in [4.69, 9.17) is 14.6 Å². The number of hydrogen-bond acceptors (Lipinski definition) is 5. The molecule has 1 saturated heterocycles. The van der Waals surface area contributed by atoms with Gasteiger partial charge in [-0.15, -0.1) is 0 Å². The highest BCUT2D eigenvalue weighted by Crippen LogP contribution is 2.29. The number of esters is 1. The molecule has 0 spiro atoms. The molecule has 1 heterocycles. The van der Waals surface area contributed by atoms with Crippen molar-refractivity contribution in [3.8, 4) is 0 Å². The third-order valence-electron chi connectivity index (χ3n) is 3.26. The first kappa shape index (κ1) is 16.5. The van der Waals surface area contributed by atoms with Crippen LogP contribution in [-0.2, 0) is 14.3 Å². The number of rotatable bonds is 6. The monoisotopic (exact) mass is 285 g/mol. The van der Waals surface area contributed by atoms with Crippen LogP contribution in [0.5, 0.6) is 0 Å². The quantitative estimate of drug-likeness (QED) is 0.588. The Bertz CT molecular complexity index is 355. The van der Waals surface area contributed by atoms with Gasteiger partial charge in [-0.3, -0.25) is 4.90 Å². The van der Waals surface area contributed by atoms with Crippen molar-refractivity contribution < 1.29 is 24.2 Å². The topological polar surface area (TPSA) is 76.1 Å². The molecule has 6 heteroatoms. The van der Waals surface area contributed by atoms with Gasteiger partial charge in [0.1, 0.15) is 6.04 Å². The van der Waals surface area contributed by atoms with Crippen molar-refractivity contribution in [3.05, 3.63) is 12.2 Å². The maximum absolute atomic E-state index is 12.1. The van der Waals surface area contributed by atoms with Gasteiger partial charge < -0.3 is 14.6 Å². The van der Waals surface area contributed by atoms with Crippen LogP contribution in [0, 0.1) is 5.92 Å². The Balaban J connectivity index is 2.77. The number of carbonyl (C=O) groups excluding carboxylic acids is 2. The molecule has 114 valence electrons. The predicted octanol–water partition coefficient (Wildman–Crippen LogP) is 1.34. The summed E-state index contributed by atoms with van der Waals surface area (Å²) in [6, 6.07) is -0.600. The summed E-state index contributed by atoms with van der Waals surface area (Å²) in [6.45, 7) is 4.49. The van der Waals surface area contributed by atoms with E-state index in [2.05, 4.69) is 0 Å². The Morgan fingerprint density at radius 3 is 2.55 bits per heavy atom. The van der Waals surface area contributed by atoms with Gasteiger partial charge in [-0.25, -0.2) is 9.59 Å². The second-order valence-electron chi connectivity index (χ2n) is 4.53. The van der Waals surface area contributed by atoms with Gasteiger partial charge in [0, 0.05) is 6.54 Å². The fraction of sp³-hybridized carbons (Fsp3) is 0.714. The summed E-state index contributed by atoms with van der Waals surface area (Å²) in [4.78, 5) is 25.4. The average Bonchev–Trinajstić information content (AvgIpc) is 2.83. The van der Waals surface area contributed by atoms with Gasteiger partial charge in [0.25, 0.3) is 0 Å². The molecule has 1 amide bonds. The number of allylic oxidation sites excluding steroid dienone is 1. The van der Waals surface area contributed by atoms with E-state index in [-0.39, 0.29) is 31.7 Å². The van der Waals surface area contributed by atoms with Crippen LogP contribution >= 0.6 is 0 Å². The summed E-state index contributed by atoms with van der Waals surface area (Å²) in [7, 11) is 0. The van der Waals surface area contributed by atoms with Gasteiger partial charge in [0.05, 0.1) is 19.8 Å².